The normalized spacial score (nSPS) is 12.2. The number of anilines is 1. The largest absolute Gasteiger partial charge is 0.354 e. The first-order valence-corrected chi connectivity index (χ1v) is 14.9. The number of unbranched alkanes of at least 4 members (excludes halogenated alkanes) is 1. The lowest BCUT2D eigenvalue weighted by atomic mass is 10.1. The van der Waals surface area contributed by atoms with Gasteiger partial charge in [0.05, 0.1) is 11.9 Å². The molecule has 0 spiro atoms. The molecule has 1 N–H and O–H groups in total. The zero-order valence-corrected chi connectivity index (χ0v) is 24.3. The number of nitrogens with zero attached hydrogens (tertiary/aromatic N) is 2. The fourth-order valence-corrected chi connectivity index (χ4v) is 5.24. The Morgan fingerprint density at radius 2 is 1.78 bits per heavy atom. The van der Waals surface area contributed by atoms with Gasteiger partial charge < -0.3 is 10.2 Å². The van der Waals surface area contributed by atoms with Crippen LogP contribution < -0.4 is 9.62 Å². The highest BCUT2D eigenvalue weighted by Gasteiger charge is 2.26. The maximum absolute atomic E-state index is 13.3. The van der Waals surface area contributed by atoms with E-state index >= 15 is 0 Å². The second-order valence-corrected chi connectivity index (χ2v) is 12.0. The molecule has 9 heteroatoms. The van der Waals surface area contributed by atoms with Crippen molar-refractivity contribution in [2.75, 3.05) is 23.7 Å². The van der Waals surface area contributed by atoms with E-state index in [0.717, 1.165) is 34.0 Å². The molecule has 1 atom stereocenters. The van der Waals surface area contributed by atoms with Crippen molar-refractivity contribution >= 4 is 43.5 Å². The molecular formula is C27H38BrN3O4S. The van der Waals surface area contributed by atoms with Crippen LogP contribution in [-0.2, 0) is 26.2 Å². The van der Waals surface area contributed by atoms with Crippen LogP contribution in [0, 0.1) is 13.8 Å². The molecule has 36 heavy (non-hydrogen) atoms. The van der Waals surface area contributed by atoms with Gasteiger partial charge in [-0.15, -0.1) is 0 Å². The lowest BCUT2D eigenvalue weighted by Crippen LogP contribution is -2.48. The molecule has 0 heterocycles. The number of hydrogen-bond acceptors (Lipinski definition) is 4. The second-order valence-electron chi connectivity index (χ2n) is 9.18. The van der Waals surface area contributed by atoms with E-state index in [1.807, 2.05) is 50.2 Å². The maximum Gasteiger partial charge on any atom is 0.242 e. The van der Waals surface area contributed by atoms with E-state index in [2.05, 4.69) is 28.2 Å². The summed E-state index contributed by atoms with van der Waals surface area (Å²) in [6.45, 7) is 8.73. The summed E-state index contributed by atoms with van der Waals surface area (Å²) in [6.07, 6.45) is 3.46. The Morgan fingerprint density at radius 1 is 1.06 bits per heavy atom. The molecule has 198 valence electrons. The molecule has 0 fully saturated rings. The van der Waals surface area contributed by atoms with Crippen LogP contribution in [0.15, 0.2) is 46.9 Å². The molecule has 7 nitrogen and oxygen atoms in total. The number of aryl methyl sites for hydroxylation is 2. The van der Waals surface area contributed by atoms with Crippen LogP contribution in [0.5, 0.6) is 0 Å². The SMILES string of the molecule is CCCCNC(=O)C(C)N(Cc1cccc(Br)c1)C(=O)CCCN(c1ccc(C)c(C)c1)S(C)(=O)=O. The molecule has 0 radical (unpaired) electrons. The Balaban J connectivity index is 2.16. The van der Waals surface area contributed by atoms with Crippen LogP contribution in [-0.4, -0.2) is 50.5 Å². The summed E-state index contributed by atoms with van der Waals surface area (Å²) in [5, 5.41) is 2.91. The number of amides is 2. The second kappa shape index (κ2) is 13.8. The van der Waals surface area contributed by atoms with Gasteiger partial charge in [0, 0.05) is 30.5 Å². The van der Waals surface area contributed by atoms with E-state index in [1.54, 1.807) is 17.9 Å². The number of carbonyl (C=O) groups excluding carboxylic acids is 2. The molecule has 0 bridgehead atoms. The molecule has 0 saturated heterocycles. The number of rotatable bonds is 13. The van der Waals surface area contributed by atoms with Crippen molar-refractivity contribution in [1.82, 2.24) is 10.2 Å². The quantitative estimate of drug-likeness (QED) is 0.340. The third-order valence-electron chi connectivity index (χ3n) is 6.17. The van der Waals surface area contributed by atoms with Gasteiger partial charge in [-0.1, -0.05) is 47.5 Å². The van der Waals surface area contributed by atoms with Gasteiger partial charge in [0.25, 0.3) is 0 Å². The van der Waals surface area contributed by atoms with Crippen LogP contribution in [0.1, 0.15) is 56.2 Å². The van der Waals surface area contributed by atoms with Gasteiger partial charge in [-0.25, -0.2) is 8.42 Å². The summed E-state index contributed by atoms with van der Waals surface area (Å²) in [5.74, 6) is -0.388. The van der Waals surface area contributed by atoms with Gasteiger partial charge in [-0.3, -0.25) is 13.9 Å². The molecular weight excluding hydrogens is 542 g/mol. The van der Waals surface area contributed by atoms with Gasteiger partial charge in [0.2, 0.25) is 21.8 Å². The summed E-state index contributed by atoms with van der Waals surface area (Å²) < 4.78 is 27.2. The summed E-state index contributed by atoms with van der Waals surface area (Å²) in [6, 6.07) is 12.5. The van der Waals surface area contributed by atoms with Crippen molar-refractivity contribution in [1.29, 1.82) is 0 Å². The van der Waals surface area contributed by atoms with E-state index in [9.17, 15) is 18.0 Å². The Morgan fingerprint density at radius 3 is 2.39 bits per heavy atom. The highest BCUT2D eigenvalue weighted by Crippen LogP contribution is 2.22. The fraction of sp³-hybridized carbons (Fsp3) is 0.481. The lowest BCUT2D eigenvalue weighted by molar-refractivity contribution is -0.140. The minimum atomic E-state index is -3.52. The van der Waals surface area contributed by atoms with Gasteiger partial charge in [0.15, 0.2) is 0 Å². The van der Waals surface area contributed by atoms with E-state index in [0.29, 0.717) is 18.7 Å². The molecule has 1 unspecified atom stereocenters. The van der Waals surface area contributed by atoms with Crippen LogP contribution in [0.25, 0.3) is 0 Å². The zero-order valence-electron chi connectivity index (χ0n) is 21.9. The third kappa shape index (κ3) is 8.92. The monoisotopic (exact) mass is 579 g/mol. The maximum atomic E-state index is 13.3. The summed E-state index contributed by atoms with van der Waals surface area (Å²) in [4.78, 5) is 27.7. The highest BCUT2D eigenvalue weighted by atomic mass is 79.9. The van der Waals surface area contributed by atoms with Crippen LogP contribution >= 0.6 is 15.9 Å². The minimum absolute atomic E-state index is 0.122. The van der Waals surface area contributed by atoms with Gasteiger partial charge in [-0.2, -0.15) is 0 Å². The minimum Gasteiger partial charge on any atom is -0.354 e. The number of halogens is 1. The number of carbonyl (C=O) groups is 2. The van der Waals surface area contributed by atoms with Crippen LogP contribution in [0.2, 0.25) is 0 Å². The summed E-state index contributed by atoms with van der Waals surface area (Å²) in [7, 11) is -3.52. The molecule has 0 aliphatic rings. The first kappa shape index (κ1) is 29.8. The Labute approximate surface area is 224 Å². The van der Waals surface area contributed by atoms with E-state index in [4.69, 9.17) is 0 Å². The van der Waals surface area contributed by atoms with Gasteiger partial charge in [0.1, 0.15) is 6.04 Å². The molecule has 0 aliphatic carbocycles. The average Bonchev–Trinajstić information content (AvgIpc) is 2.81. The molecule has 2 aromatic rings. The Bertz CT molecular complexity index is 1150. The molecule has 2 aromatic carbocycles. The van der Waals surface area contributed by atoms with Crippen molar-refractivity contribution in [3.05, 3.63) is 63.6 Å². The number of nitrogens with one attached hydrogen (secondary N) is 1. The van der Waals surface area contributed by atoms with Crippen molar-refractivity contribution in [3.63, 3.8) is 0 Å². The predicted octanol–water partition coefficient (Wildman–Crippen LogP) is 4.95. The Hall–Kier alpha value is -2.39. The summed E-state index contributed by atoms with van der Waals surface area (Å²) >= 11 is 3.46. The lowest BCUT2D eigenvalue weighted by Gasteiger charge is -2.29. The Kier molecular flexibility index (Phi) is 11.4. The smallest absolute Gasteiger partial charge is 0.242 e. The fourth-order valence-electron chi connectivity index (χ4n) is 3.84. The number of hydrogen-bond donors (Lipinski definition) is 1. The molecule has 2 rings (SSSR count). The van der Waals surface area contributed by atoms with Crippen LogP contribution in [0.3, 0.4) is 0 Å². The predicted molar refractivity (Wildman–Crippen MR) is 149 cm³/mol. The third-order valence-corrected chi connectivity index (χ3v) is 7.86. The topological polar surface area (TPSA) is 86.8 Å². The number of benzene rings is 2. The van der Waals surface area contributed by atoms with Gasteiger partial charge >= 0.3 is 0 Å². The average molecular weight is 581 g/mol. The van der Waals surface area contributed by atoms with E-state index in [1.165, 1.54) is 10.6 Å². The van der Waals surface area contributed by atoms with Gasteiger partial charge in [-0.05, 0) is 74.6 Å². The van der Waals surface area contributed by atoms with Crippen molar-refractivity contribution < 1.29 is 18.0 Å². The van der Waals surface area contributed by atoms with Crippen molar-refractivity contribution in [2.24, 2.45) is 0 Å². The molecule has 0 saturated carbocycles. The molecule has 2 amide bonds. The standard InChI is InChI=1S/C27H38BrN3O4S/c1-6-7-15-29-27(33)22(4)30(19-23-10-8-11-24(28)18-23)26(32)12-9-16-31(36(5,34)35)25-14-13-20(2)21(3)17-25/h8,10-11,13-14,17-18,22H,6-7,9,12,15-16,19H2,1-5H3,(H,29,33). The molecule has 0 aromatic heterocycles. The first-order chi connectivity index (χ1) is 16.9. The van der Waals surface area contributed by atoms with Crippen LogP contribution in [0.4, 0.5) is 5.69 Å². The van der Waals surface area contributed by atoms with Crippen molar-refractivity contribution in [2.45, 2.75) is 66.0 Å². The summed E-state index contributed by atoms with van der Waals surface area (Å²) in [5.41, 5.74) is 3.57. The zero-order chi connectivity index (χ0) is 26.9. The van der Waals surface area contributed by atoms with Crippen molar-refractivity contribution in [3.8, 4) is 0 Å². The molecule has 0 aliphatic heterocycles. The highest BCUT2D eigenvalue weighted by molar-refractivity contribution is 9.10. The first-order valence-electron chi connectivity index (χ1n) is 12.3. The number of sulfonamides is 1. The van der Waals surface area contributed by atoms with E-state index < -0.39 is 16.1 Å². The van der Waals surface area contributed by atoms with E-state index in [-0.39, 0.29) is 31.3 Å².